The molecule has 19 heavy (non-hydrogen) atoms. The number of para-hydroxylation sites is 1. The summed E-state index contributed by atoms with van der Waals surface area (Å²) in [5, 5.41) is 10.4. The third-order valence-electron chi connectivity index (χ3n) is 3.79. The van der Waals surface area contributed by atoms with E-state index in [0.29, 0.717) is 5.02 Å². The molecule has 0 aromatic heterocycles. The van der Waals surface area contributed by atoms with Gasteiger partial charge in [0, 0.05) is 18.7 Å². The lowest BCUT2D eigenvalue weighted by Gasteiger charge is -2.33. The number of phenols is 1. The molecular formula is C15H23ClN2O. The van der Waals surface area contributed by atoms with Crippen LogP contribution in [0.5, 0.6) is 5.75 Å². The molecule has 1 heterocycles. The minimum absolute atomic E-state index is 0.236. The van der Waals surface area contributed by atoms with E-state index in [1.54, 1.807) is 6.07 Å². The summed E-state index contributed by atoms with van der Waals surface area (Å²) < 4.78 is 0. The van der Waals surface area contributed by atoms with Gasteiger partial charge in [-0.25, -0.2) is 0 Å². The average Bonchev–Trinajstić information content (AvgIpc) is 2.37. The Kier molecular flexibility index (Phi) is 5.08. The van der Waals surface area contributed by atoms with Crippen molar-refractivity contribution in [2.75, 3.05) is 33.7 Å². The lowest BCUT2D eigenvalue weighted by molar-refractivity contribution is 0.156. The van der Waals surface area contributed by atoms with Crippen LogP contribution in [-0.2, 0) is 6.54 Å². The maximum atomic E-state index is 9.93. The van der Waals surface area contributed by atoms with E-state index in [2.05, 4.69) is 23.9 Å². The zero-order chi connectivity index (χ0) is 13.8. The Morgan fingerprint density at radius 1 is 1.32 bits per heavy atom. The summed E-state index contributed by atoms with van der Waals surface area (Å²) in [6, 6.07) is 5.58. The number of likely N-dealkylation sites (tertiary alicyclic amines) is 1. The van der Waals surface area contributed by atoms with Crippen molar-refractivity contribution in [1.82, 2.24) is 9.80 Å². The lowest BCUT2D eigenvalue weighted by Crippen LogP contribution is -2.36. The molecule has 1 N–H and O–H groups in total. The summed E-state index contributed by atoms with van der Waals surface area (Å²) in [5.74, 6) is 1.04. The first-order valence-corrected chi connectivity index (χ1v) is 7.27. The van der Waals surface area contributed by atoms with Gasteiger partial charge in [0.2, 0.25) is 0 Å². The van der Waals surface area contributed by atoms with Crippen LogP contribution in [0.15, 0.2) is 18.2 Å². The summed E-state index contributed by atoms with van der Waals surface area (Å²) in [6.45, 7) is 4.17. The Bertz CT molecular complexity index is 415. The van der Waals surface area contributed by atoms with Gasteiger partial charge in [0.25, 0.3) is 0 Å². The average molecular weight is 283 g/mol. The van der Waals surface area contributed by atoms with Crippen LogP contribution >= 0.6 is 11.6 Å². The minimum Gasteiger partial charge on any atom is -0.506 e. The van der Waals surface area contributed by atoms with Crippen LogP contribution in [0.25, 0.3) is 0 Å². The van der Waals surface area contributed by atoms with Crippen LogP contribution in [0, 0.1) is 5.92 Å². The number of hydrogen-bond acceptors (Lipinski definition) is 3. The van der Waals surface area contributed by atoms with E-state index in [-0.39, 0.29) is 5.75 Å². The predicted molar refractivity (Wildman–Crippen MR) is 79.7 cm³/mol. The van der Waals surface area contributed by atoms with E-state index in [1.807, 2.05) is 12.1 Å². The lowest BCUT2D eigenvalue weighted by atomic mass is 9.96. The molecule has 3 nitrogen and oxygen atoms in total. The normalized spacial score (nSPS) is 18.1. The summed E-state index contributed by atoms with van der Waals surface area (Å²) in [6.07, 6.45) is 2.47. The first kappa shape index (κ1) is 14.6. The smallest absolute Gasteiger partial charge is 0.138 e. The van der Waals surface area contributed by atoms with E-state index in [1.165, 1.54) is 19.4 Å². The van der Waals surface area contributed by atoms with Crippen LogP contribution in [-0.4, -0.2) is 48.6 Å². The zero-order valence-corrected chi connectivity index (χ0v) is 12.5. The molecule has 1 aromatic rings. The first-order valence-electron chi connectivity index (χ1n) is 6.89. The van der Waals surface area contributed by atoms with Crippen LogP contribution in [0.4, 0.5) is 0 Å². The molecule has 0 radical (unpaired) electrons. The number of phenolic OH excluding ortho intramolecular Hbond substituents is 1. The number of benzene rings is 1. The predicted octanol–water partition coefficient (Wildman–Crippen LogP) is 2.82. The summed E-state index contributed by atoms with van der Waals surface area (Å²) >= 11 is 5.94. The van der Waals surface area contributed by atoms with Gasteiger partial charge < -0.3 is 10.0 Å². The third kappa shape index (κ3) is 4.10. The fraction of sp³-hybridized carbons (Fsp3) is 0.600. The van der Waals surface area contributed by atoms with Gasteiger partial charge in [0.05, 0.1) is 5.02 Å². The van der Waals surface area contributed by atoms with Crippen molar-refractivity contribution in [3.05, 3.63) is 28.8 Å². The fourth-order valence-electron chi connectivity index (χ4n) is 2.77. The van der Waals surface area contributed by atoms with E-state index in [0.717, 1.165) is 31.1 Å². The maximum absolute atomic E-state index is 9.93. The SMILES string of the molecule is CN(C)CC1CCN(Cc2cccc(Cl)c2O)CC1. The summed E-state index contributed by atoms with van der Waals surface area (Å²) in [4.78, 5) is 4.67. The van der Waals surface area contributed by atoms with Gasteiger partial charge in [-0.15, -0.1) is 0 Å². The molecule has 0 unspecified atom stereocenters. The number of rotatable bonds is 4. The monoisotopic (exact) mass is 282 g/mol. The zero-order valence-electron chi connectivity index (χ0n) is 11.8. The molecule has 0 saturated carbocycles. The maximum Gasteiger partial charge on any atom is 0.138 e. The molecule has 0 amide bonds. The van der Waals surface area contributed by atoms with Gasteiger partial charge in [-0.3, -0.25) is 4.90 Å². The van der Waals surface area contributed by atoms with Gasteiger partial charge in [-0.2, -0.15) is 0 Å². The second-order valence-corrected chi connectivity index (χ2v) is 6.14. The van der Waals surface area contributed by atoms with Crippen LogP contribution < -0.4 is 0 Å². The number of nitrogens with zero attached hydrogens (tertiary/aromatic N) is 2. The number of piperidine rings is 1. The van der Waals surface area contributed by atoms with Crippen molar-refractivity contribution < 1.29 is 5.11 Å². The molecule has 1 aliphatic heterocycles. The minimum atomic E-state index is 0.236. The van der Waals surface area contributed by atoms with Crippen molar-refractivity contribution in [1.29, 1.82) is 0 Å². The highest BCUT2D eigenvalue weighted by molar-refractivity contribution is 6.32. The first-order chi connectivity index (χ1) is 9.06. The Labute approximate surface area is 120 Å². The summed E-state index contributed by atoms with van der Waals surface area (Å²) in [7, 11) is 4.27. The molecule has 106 valence electrons. The molecule has 1 aliphatic rings. The number of aromatic hydroxyl groups is 1. The van der Waals surface area contributed by atoms with Crippen molar-refractivity contribution >= 4 is 11.6 Å². The van der Waals surface area contributed by atoms with E-state index >= 15 is 0 Å². The van der Waals surface area contributed by atoms with Gasteiger partial charge in [0.15, 0.2) is 0 Å². The quantitative estimate of drug-likeness (QED) is 0.920. The summed E-state index contributed by atoms with van der Waals surface area (Å²) in [5.41, 5.74) is 0.929. The Morgan fingerprint density at radius 2 is 2.00 bits per heavy atom. The van der Waals surface area contributed by atoms with Crippen molar-refractivity contribution in [2.24, 2.45) is 5.92 Å². The molecule has 0 bridgehead atoms. The topological polar surface area (TPSA) is 26.7 Å². The van der Waals surface area contributed by atoms with Crippen LogP contribution in [0.3, 0.4) is 0 Å². The number of hydrogen-bond donors (Lipinski definition) is 1. The van der Waals surface area contributed by atoms with E-state index < -0.39 is 0 Å². The molecule has 0 aliphatic carbocycles. The highest BCUT2D eigenvalue weighted by Gasteiger charge is 2.20. The molecule has 0 spiro atoms. The molecule has 2 rings (SSSR count). The molecule has 1 saturated heterocycles. The molecule has 4 heteroatoms. The number of halogens is 1. The Hall–Kier alpha value is -0.770. The molecule has 1 aromatic carbocycles. The highest BCUT2D eigenvalue weighted by atomic mass is 35.5. The van der Waals surface area contributed by atoms with Gasteiger partial charge in [0.1, 0.15) is 5.75 Å². The second kappa shape index (κ2) is 6.60. The van der Waals surface area contributed by atoms with Crippen molar-refractivity contribution in [2.45, 2.75) is 19.4 Å². The molecular weight excluding hydrogens is 260 g/mol. The van der Waals surface area contributed by atoms with Gasteiger partial charge in [-0.05, 0) is 52.0 Å². The van der Waals surface area contributed by atoms with Crippen molar-refractivity contribution in [3.63, 3.8) is 0 Å². The van der Waals surface area contributed by atoms with E-state index in [9.17, 15) is 5.11 Å². The molecule has 1 fully saturated rings. The highest BCUT2D eigenvalue weighted by Crippen LogP contribution is 2.29. The van der Waals surface area contributed by atoms with Gasteiger partial charge in [-0.1, -0.05) is 23.7 Å². The van der Waals surface area contributed by atoms with Crippen LogP contribution in [0.1, 0.15) is 18.4 Å². The second-order valence-electron chi connectivity index (χ2n) is 5.73. The van der Waals surface area contributed by atoms with Crippen molar-refractivity contribution in [3.8, 4) is 5.75 Å². The standard InChI is InChI=1S/C15H23ClN2O/c1-17(2)10-12-6-8-18(9-7-12)11-13-4-3-5-14(16)15(13)19/h3-5,12,19H,6-11H2,1-2H3. The van der Waals surface area contributed by atoms with Gasteiger partial charge >= 0.3 is 0 Å². The fourth-order valence-corrected chi connectivity index (χ4v) is 2.97. The molecule has 0 atom stereocenters. The Morgan fingerprint density at radius 3 is 2.63 bits per heavy atom. The largest absolute Gasteiger partial charge is 0.506 e. The van der Waals surface area contributed by atoms with E-state index in [4.69, 9.17) is 11.6 Å². The third-order valence-corrected chi connectivity index (χ3v) is 4.10. The Balaban J connectivity index is 1.87. The van der Waals surface area contributed by atoms with Crippen LogP contribution in [0.2, 0.25) is 5.02 Å².